The molecule has 2 N–H and O–H groups in total. The number of hydrogen-bond acceptors (Lipinski definition) is 4. The number of nitrogens with one attached hydrogen (secondary N) is 1. The van der Waals surface area contributed by atoms with E-state index in [1.54, 1.807) is 6.92 Å². The van der Waals surface area contributed by atoms with Gasteiger partial charge in [-0.2, -0.15) is 0 Å². The lowest BCUT2D eigenvalue weighted by molar-refractivity contribution is -0.149. The number of fused-ring (bicyclic) bond motifs is 3. The maximum Gasteiger partial charge on any atom is 0.408 e. The Morgan fingerprint density at radius 1 is 1.13 bits per heavy atom. The molecule has 7 heteroatoms. The minimum Gasteiger partial charge on any atom is -0.480 e. The van der Waals surface area contributed by atoms with Crippen molar-refractivity contribution in [3.63, 3.8) is 0 Å². The number of carbonyl (C=O) groups is 3. The predicted octanol–water partition coefficient (Wildman–Crippen LogP) is 2.99. The van der Waals surface area contributed by atoms with Crippen LogP contribution in [0.5, 0.6) is 0 Å². The maximum atomic E-state index is 12.7. The molecule has 30 heavy (non-hydrogen) atoms. The molecule has 0 bridgehead atoms. The number of alkyl carbamates (subject to hydrolysis) is 1. The smallest absolute Gasteiger partial charge is 0.408 e. The standard InChI is InChI=1S/C23H24N2O5/c1-23(11-6-12-25(21(23)28)13-20(26)27)24-22(29)30-14-19-17-9-4-2-7-15(17)16-8-3-5-10-18(16)19/h2-5,7-10,19H,6,11-14H2,1H3,(H,24,29)(H,26,27). The van der Waals surface area contributed by atoms with Crippen molar-refractivity contribution in [2.24, 2.45) is 0 Å². The van der Waals surface area contributed by atoms with Crippen molar-refractivity contribution in [2.45, 2.75) is 31.2 Å². The van der Waals surface area contributed by atoms with Crippen molar-refractivity contribution < 1.29 is 24.2 Å². The van der Waals surface area contributed by atoms with Crippen molar-refractivity contribution in [1.82, 2.24) is 10.2 Å². The summed E-state index contributed by atoms with van der Waals surface area (Å²) in [5.74, 6) is -1.54. The van der Waals surface area contributed by atoms with Gasteiger partial charge in [-0.05, 0) is 42.0 Å². The van der Waals surface area contributed by atoms with Crippen molar-refractivity contribution in [2.75, 3.05) is 19.7 Å². The summed E-state index contributed by atoms with van der Waals surface area (Å²) >= 11 is 0. The second kappa shape index (κ2) is 7.82. The van der Waals surface area contributed by atoms with Gasteiger partial charge >= 0.3 is 12.1 Å². The van der Waals surface area contributed by atoms with Gasteiger partial charge in [-0.1, -0.05) is 48.5 Å². The molecule has 0 spiro atoms. The van der Waals surface area contributed by atoms with Crippen LogP contribution in [-0.4, -0.2) is 53.2 Å². The predicted molar refractivity (Wildman–Crippen MR) is 110 cm³/mol. The van der Waals surface area contributed by atoms with E-state index in [4.69, 9.17) is 9.84 Å². The molecule has 156 valence electrons. The molecule has 1 saturated heterocycles. The summed E-state index contributed by atoms with van der Waals surface area (Å²) in [5, 5.41) is 11.7. The number of carboxylic acid groups (broad SMARTS) is 1. The zero-order valence-corrected chi connectivity index (χ0v) is 16.8. The van der Waals surface area contributed by atoms with Gasteiger partial charge in [-0.25, -0.2) is 4.79 Å². The van der Waals surface area contributed by atoms with E-state index in [-0.39, 0.29) is 19.1 Å². The zero-order valence-electron chi connectivity index (χ0n) is 16.8. The number of rotatable bonds is 5. The van der Waals surface area contributed by atoms with Gasteiger partial charge in [0, 0.05) is 12.5 Å². The Bertz CT molecular complexity index is 959. The Hall–Kier alpha value is -3.35. The number of likely N-dealkylation sites (tertiary alicyclic amines) is 1. The van der Waals surface area contributed by atoms with Crippen LogP contribution in [0.2, 0.25) is 0 Å². The van der Waals surface area contributed by atoms with E-state index in [0.717, 1.165) is 22.3 Å². The van der Waals surface area contributed by atoms with Crippen molar-refractivity contribution in [1.29, 1.82) is 0 Å². The molecule has 1 atom stereocenters. The summed E-state index contributed by atoms with van der Waals surface area (Å²) in [7, 11) is 0. The third kappa shape index (κ3) is 3.63. The van der Waals surface area contributed by atoms with Gasteiger partial charge in [0.2, 0.25) is 5.91 Å². The van der Waals surface area contributed by atoms with Gasteiger partial charge in [-0.3, -0.25) is 9.59 Å². The van der Waals surface area contributed by atoms with Gasteiger partial charge in [0.15, 0.2) is 0 Å². The number of aliphatic carboxylic acids is 1. The molecular weight excluding hydrogens is 384 g/mol. The summed E-state index contributed by atoms with van der Waals surface area (Å²) in [6.45, 7) is 1.77. The molecule has 2 amide bonds. The van der Waals surface area contributed by atoms with Crippen molar-refractivity contribution >= 4 is 18.0 Å². The highest BCUT2D eigenvalue weighted by molar-refractivity contribution is 5.92. The third-order valence-electron chi connectivity index (χ3n) is 5.91. The molecule has 1 aliphatic heterocycles. The number of amides is 2. The first-order chi connectivity index (χ1) is 14.4. The number of nitrogens with zero attached hydrogens (tertiary/aromatic N) is 1. The van der Waals surface area contributed by atoms with E-state index in [2.05, 4.69) is 17.4 Å². The van der Waals surface area contributed by atoms with Crippen LogP contribution in [0, 0.1) is 0 Å². The highest BCUT2D eigenvalue weighted by atomic mass is 16.5. The second-order valence-corrected chi connectivity index (χ2v) is 8.01. The number of carbonyl (C=O) groups excluding carboxylic acids is 2. The Morgan fingerprint density at radius 2 is 1.73 bits per heavy atom. The molecule has 2 aromatic carbocycles. The molecule has 2 aliphatic rings. The van der Waals surface area contributed by atoms with E-state index in [1.165, 1.54) is 4.90 Å². The fourth-order valence-electron chi connectivity index (χ4n) is 4.47. The molecule has 0 saturated carbocycles. The number of ether oxygens (including phenoxy) is 1. The van der Waals surface area contributed by atoms with Gasteiger partial charge < -0.3 is 20.1 Å². The molecular formula is C23H24N2O5. The van der Waals surface area contributed by atoms with Crippen molar-refractivity contribution in [3.8, 4) is 11.1 Å². The van der Waals surface area contributed by atoms with Crippen LogP contribution in [0.25, 0.3) is 11.1 Å². The van der Waals surface area contributed by atoms with E-state index in [9.17, 15) is 14.4 Å². The normalized spacial score (nSPS) is 20.4. The lowest BCUT2D eigenvalue weighted by Gasteiger charge is -2.38. The van der Waals surface area contributed by atoms with E-state index in [1.807, 2.05) is 36.4 Å². The first kappa shape index (κ1) is 19.9. The number of hydrogen-bond donors (Lipinski definition) is 2. The number of benzene rings is 2. The Labute approximate surface area is 174 Å². The van der Waals surface area contributed by atoms with Crippen LogP contribution >= 0.6 is 0 Å². The summed E-state index contributed by atoms with van der Waals surface area (Å²) < 4.78 is 5.54. The Morgan fingerprint density at radius 3 is 2.33 bits per heavy atom. The van der Waals surface area contributed by atoms with Gasteiger partial charge in [0.1, 0.15) is 18.7 Å². The highest BCUT2D eigenvalue weighted by Crippen LogP contribution is 2.44. The molecule has 0 aromatic heterocycles. The fourth-order valence-corrected chi connectivity index (χ4v) is 4.47. The summed E-state index contributed by atoms with van der Waals surface area (Å²) in [6, 6.07) is 16.1. The monoisotopic (exact) mass is 408 g/mol. The van der Waals surface area contributed by atoms with Gasteiger partial charge in [-0.15, -0.1) is 0 Å². The summed E-state index contributed by atoms with van der Waals surface area (Å²) in [5.41, 5.74) is 3.33. The minimum absolute atomic E-state index is 0.0680. The molecule has 1 heterocycles. The molecule has 1 fully saturated rings. The lowest BCUT2D eigenvalue weighted by Crippen LogP contribution is -2.61. The van der Waals surface area contributed by atoms with Crippen LogP contribution in [0.1, 0.15) is 36.8 Å². The molecule has 2 aromatic rings. The largest absolute Gasteiger partial charge is 0.480 e. The van der Waals surface area contributed by atoms with Crippen LogP contribution in [0.4, 0.5) is 4.79 Å². The molecule has 0 radical (unpaired) electrons. The topological polar surface area (TPSA) is 95.9 Å². The number of piperidine rings is 1. The lowest BCUT2D eigenvalue weighted by atomic mass is 9.90. The van der Waals surface area contributed by atoms with E-state index < -0.39 is 23.5 Å². The van der Waals surface area contributed by atoms with Crippen molar-refractivity contribution in [3.05, 3.63) is 59.7 Å². The van der Waals surface area contributed by atoms with Crippen LogP contribution in [-0.2, 0) is 14.3 Å². The maximum absolute atomic E-state index is 12.7. The van der Waals surface area contributed by atoms with E-state index in [0.29, 0.717) is 19.4 Å². The Kier molecular flexibility index (Phi) is 5.20. The minimum atomic E-state index is -1.17. The zero-order chi connectivity index (χ0) is 21.3. The first-order valence-corrected chi connectivity index (χ1v) is 10.0. The quantitative estimate of drug-likeness (QED) is 0.793. The average molecular weight is 408 g/mol. The van der Waals surface area contributed by atoms with Gasteiger partial charge in [0.25, 0.3) is 0 Å². The molecule has 4 rings (SSSR count). The highest BCUT2D eigenvalue weighted by Gasteiger charge is 2.42. The third-order valence-corrected chi connectivity index (χ3v) is 5.91. The van der Waals surface area contributed by atoms with Crippen LogP contribution in [0.3, 0.4) is 0 Å². The van der Waals surface area contributed by atoms with Gasteiger partial charge in [0.05, 0.1) is 0 Å². The first-order valence-electron chi connectivity index (χ1n) is 10.0. The SMILES string of the molecule is CC1(NC(=O)OCC2c3ccccc3-c3ccccc32)CCCN(CC(=O)O)C1=O. The summed E-state index contributed by atoms with van der Waals surface area (Å²) in [6.07, 6.45) is 0.371. The fraction of sp³-hybridized carbons (Fsp3) is 0.348. The van der Waals surface area contributed by atoms with Crippen LogP contribution in [0.15, 0.2) is 48.5 Å². The van der Waals surface area contributed by atoms with E-state index >= 15 is 0 Å². The number of carboxylic acids is 1. The van der Waals surface area contributed by atoms with Crippen LogP contribution < -0.4 is 5.32 Å². The molecule has 1 unspecified atom stereocenters. The molecule has 7 nitrogen and oxygen atoms in total. The average Bonchev–Trinajstić information content (AvgIpc) is 3.04. The Balaban J connectivity index is 1.44. The molecule has 1 aliphatic carbocycles. The summed E-state index contributed by atoms with van der Waals surface area (Å²) in [4.78, 5) is 37.5. The second-order valence-electron chi connectivity index (χ2n) is 8.01.